The molecule has 1 N–H and O–H groups in total. The molecule has 1 amide bonds. The largest absolute Gasteiger partial charge is 0.452 e. The van der Waals surface area contributed by atoms with Crippen LogP contribution in [0, 0.1) is 18.6 Å². The second kappa shape index (κ2) is 6.80. The highest BCUT2D eigenvalue weighted by Crippen LogP contribution is 2.10. The summed E-state index contributed by atoms with van der Waals surface area (Å²) in [6.07, 6.45) is 0. The van der Waals surface area contributed by atoms with Gasteiger partial charge in [0.25, 0.3) is 5.91 Å². The molecular formula is C16H13F2NO3. The number of halogens is 2. The van der Waals surface area contributed by atoms with Crippen molar-refractivity contribution >= 4 is 17.6 Å². The fourth-order valence-corrected chi connectivity index (χ4v) is 1.72. The van der Waals surface area contributed by atoms with Crippen LogP contribution in [0.15, 0.2) is 42.5 Å². The lowest BCUT2D eigenvalue weighted by molar-refractivity contribution is -0.119. The summed E-state index contributed by atoms with van der Waals surface area (Å²) in [7, 11) is 0. The average molecular weight is 305 g/mol. The Morgan fingerprint density at radius 2 is 1.64 bits per heavy atom. The molecule has 0 atom stereocenters. The van der Waals surface area contributed by atoms with Gasteiger partial charge in [0.05, 0.1) is 5.56 Å². The van der Waals surface area contributed by atoms with E-state index in [0.717, 1.165) is 17.7 Å². The molecule has 0 saturated heterocycles. The smallest absolute Gasteiger partial charge is 0.338 e. The zero-order valence-electron chi connectivity index (χ0n) is 11.7. The molecule has 2 rings (SSSR count). The van der Waals surface area contributed by atoms with Crippen molar-refractivity contribution in [2.45, 2.75) is 6.92 Å². The van der Waals surface area contributed by atoms with Gasteiger partial charge < -0.3 is 10.1 Å². The van der Waals surface area contributed by atoms with Crippen LogP contribution < -0.4 is 5.32 Å². The van der Waals surface area contributed by atoms with Gasteiger partial charge >= 0.3 is 5.97 Å². The van der Waals surface area contributed by atoms with E-state index in [-0.39, 0.29) is 5.56 Å². The molecule has 0 unspecified atom stereocenters. The summed E-state index contributed by atoms with van der Waals surface area (Å²) in [4.78, 5) is 23.2. The maximum atomic E-state index is 13.0. The molecule has 0 aromatic heterocycles. The van der Waals surface area contributed by atoms with Crippen molar-refractivity contribution in [3.05, 3.63) is 65.2 Å². The first-order valence-corrected chi connectivity index (χ1v) is 6.44. The van der Waals surface area contributed by atoms with Crippen LogP contribution in [0.4, 0.5) is 14.5 Å². The van der Waals surface area contributed by atoms with Crippen LogP contribution in [0.3, 0.4) is 0 Å². The number of hydrogen-bond donors (Lipinski definition) is 1. The Morgan fingerprint density at radius 3 is 2.23 bits per heavy atom. The molecule has 2 aromatic carbocycles. The predicted molar refractivity (Wildman–Crippen MR) is 76.4 cm³/mol. The first-order valence-electron chi connectivity index (χ1n) is 6.44. The molecular weight excluding hydrogens is 292 g/mol. The van der Waals surface area contributed by atoms with Crippen LogP contribution in [0.2, 0.25) is 0 Å². The molecule has 0 bridgehead atoms. The molecule has 0 aliphatic carbocycles. The number of amides is 1. The third-order valence-electron chi connectivity index (χ3n) is 2.77. The zero-order valence-corrected chi connectivity index (χ0v) is 11.7. The summed E-state index contributed by atoms with van der Waals surface area (Å²) in [5, 5.41) is 2.53. The van der Waals surface area contributed by atoms with Crippen LogP contribution in [-0.2, 0) is 9.53 Å². The van der Waals surface area contributed by atoms with E-state index in [4.69, 9.17) is 4.74 Å². The van der Waals surface area contributed by atoms with Crippen LogP contribution in [-0.4, -0.2) is 18.5 Å². The lowest BCUT2D eigenvalue weighted by Gasteiger charge is -2.07. The Bertz CT molecular complexity index is 679. The van der Waals surface area contributed by atoms with Crippen molar-refractivity contribution in [2.24, 2.45) is 0 Å². The van der Waals surface area contributed by atoms with Gasteiger partial charge in [-0.05, 0) is 31.2 Å². The minimum atomic E-state index is -0.975. The number of ether oxygens (including phenoxy) is 1. The molecule has 0 aliphatic heterocycles. The summed E-state index contributed by atoms with van der Waals surface area (Å²) in [6, 6.07) is 9.36. The normalized spacial score (nSPS) is 10.1. The average Bonchev–Trinajstić information content (AvgIpc) is 2.46. The van der Waals surface area contributed by atoms with Crippen molar-refractivity contribution in [3.63, 3.8) is 0 Å². The van der Waals surface area contributed by atoms with Crippen molar-refractivity contribution in [2.75, 3.05) is 11.9 Å². The molecule has 6 heteroatoms. The Hall–Kier alpha value is -2.76. The number of aryl methyl sites for hydroxylation is 1. The highest BCUT2D eigenvalue weighted by molar-refractivity contribution is 5.95. The van der Waals surface area contributed by atoms with Gasteiger partial charge in [0.15, 0.2) is 6.61 Å². The SMILES string of the molecule is Cc1ccc(NC(=O)COC(=O)c2cc(F)cc(F)c2)cc1. The van der Waals surface area contributed by atoms with E-state index in [2.05, 4.69) is 5.32 Å². The number of carbonyl (C=O) groups is 2. The van der Waals surface area contributed by atoms with Crippen molar-refractivity contribution in [3.8, 4) is 0 Å². The van der Waals surface area contributed by atoms with Crippen molar-refractivity contribution in [1.82, 2.24) is 0 Å². The van der Waals surface area contributed by atoms with E-state index in [0.29, 0.717) is 11.8 Å². The lowest BCUT2D eigenvalue weighted by atomic mass is 10.2. The minimum Gasteiger partial charge on any atom is -0.452 e. The molecule has 0 radical (unpaired) electrons. The van der Waals surface area contributed by atoms with E-state index in [1.54, 1.807) is 12.1 Å². The van der Waals surface area contributed by atoms with E-state index in [9.17, 15) is 18.4 Å². The van der Waals surface area contributed by atoms with Crippen molar-refractivity contribution in [1.29, 1.82) is 0 Å². The second-order valence-electron chi connectivity index (χ2n) is 4.65. The van der Waals surface area contributed by atoms with Crippen LogP contribution in [0.25, 0.3) is 0 Å². The van der Waals surface area contributed by atoms with Crippen LogP contribution in [0.1, 0.15) is 15.9 Å². The molecule has 2 aromatic rings. The van der Waals surface area contributed by atoms with Gasteiger partial charge in [0.2, 0.25) is 0 Å². The van der Waals surface area contributed by atoms with Crippen molar-refractivity contribution < 1.29 is 23.1 Å². The quantitative estimate of drug-likeness (QED) is 0.883. The van der Waals surface area contributed by atoms with Gasteiger partial charge in [-0.15, -0.1) is 0 Å². The number of anilines is 1. The molecule has 22 heavy (non-hydrogen) atoms. The topological polar surface area (TPSA) is 55.4 Å². The highest BCUT2D eigenvalue weighted by Gasteiger charge is 2.12. The third kappa shape index (κ3) is 4.37. The van der Waals surface area contributed by atoms with Gasteiger partial charge in [-0.1, -0.05) is 17.7 Å². The first-order chi connectivity index (χ1) is 10.4. The Kier molecular flexibility index (Phi) is 4.83. The monoisotopic (exact) mass is 305 g/mol. The van der Waals surface area contributed by atoms with Gasteiger partial charge in [-0.2, -0.15) is 0 Å². The minimum absolute atomic E-state index is 0.291. The van der Waals surface area contributed by atoms with Crippen LogP contribution >= 0.6 is 0 Å². The van der Waals surface area contributed by atoms with E-state index >= 15 is 0 Å². The van der Waals surface area contributed by atoms with Crippen LogP contribution in [0.5, 0.6) is 0 Å². The summed E-state index contributed by atoms with van der Waals surface area (Å²) >= 11 is 0. The molecule has 0 aliphatic rings. The zero-order chi connectivity index (χ0) is 16.1. The van der Waals surface area contributed by atoms with Gasteiger partial charge in [-0.25, -0.2) is 13.6 Å². The summed E-state index contributed by atoms with van der Waals surface area (Å²) in [5.41, 5.74) is 1.31. The molecule has 0 saturated carbocycles. The lowest BCUT2D eigenvalue weighted by Crippen LogP contribution is -2.21. The highest BCUT2D eigenvalue weighted by atomic mass is 19.1. The summed E-state index contributed by atoms with van der Waals surface area (Å²) < 4.78 is 30.7. The Balaban J connectivity index is 1.90. The number of nitrogens with one attached hydrogen (secondary N) is 1. The molecule has 0 fully saturated rings. The number of rotatable bonds is 4. The van der Waals surface area contributed by atoms with Gasteiger partial charge in [0.1, 0.15) is 11.6 Å². The molecule has 0 spiro atoms. The number of benzene rings is 2. The Labute approximate surface area is 125 Å². The molecule has 114 valence electrons. The predicted octanol–water partition coefficient (Wildman–Crippen LogP) is 3.07. The van der Waals surface area contributed by atoms with Gasteiger partial charge in [0, 0.05) is 11.8 Å². The maximum absolute atomic E-state index is 13.0. The third-order valence-corrected chi connectivity index (χ3v) is 2.77. The first kappa shape index (κ1) is 15.6. The second-order valence-corrected chi connectivity index (χ2v) is 4.65. The Morgan fingerprint density at radius 1 is 1.05 bits per heavy atom. The summed E-state index contributed by atoms with van der Waals surface area (Å²) in [6.45, 7) is 1.36. The van der Waals surface area contributed by atoms with Gasteiger partial charge in [-0.3, -0.25) is 4.79 Å². The fraction of sp³-hybridized carbons (Fsp3) is 0.125. The number of hydrogen-bond acceptors (Lipinski definition) is 3. The number of carbonyl (C=O) groups excluding carboxylic acids is 2. The van der Waals surface area contributed by atoms with E-state index in [1.807, 2.05) is 19.1 Å². The van der Waals surface area contributed by atoms with E-state index in [1.165, 1.54) is 0 Å². The molecule has 0 heterocycles. The fourth-order valence-electron chi connectivity index (χ4n) is 1.72. The standard InChI is InChI=1S/C16H13F2NO3/c1-10-2-4-14(5-3-10)19-15(20)9-22-16(21)11-6-12(17)8-13(18)7-11/h2-8H,9H2,1H3,(H,19,20). The maximum Gasteiger partial charge on any atom is 0.338 e. The van der Waals surface area contributed by atoms with E-state index < -0.39 is 30.1 Å². The number of esters is 1. The molecule has 4 nitrogen and oxygen atoms in total. The summed E-state index contributed by atoms with van der Waals surface area (Å²) in [5.74, 6) is -3.31.